The minimum Gasteiger partial charge on any atom is -0.302 e. The van der Waals surface area contributed by atoms with Crippen LogP contribution in [0.3, 0.4) is 0 Å². The average molecular weight is 358 g/mol. The number of piperidine rings is 1. The predicted molar refractivity (Wildman–Crippen MR) is 103 cm³/mol. The third-order valence-corrected chi connectivity index (χ3v) is 7.01. The molecule has 1 heterocycles. The molecular weight excluding hydrogens is 330 g/mol. The van der Waals surface area contributed by atoms with Crippen LogP contribution in [0.1, 0.15) is 24.0 Å². The lowest BCUT2D eigenvalue weighted by Gasteiger charge is -2.37. The molecule has 0 unspecified atom stereocenters. The number of benzene rings is 2. The predicted octanol–water partition coefficient (Wildman–Crippen LogP) is 3.72. The van der Waals surface area contributed by atoms with Crippen LogP contribution >= 0.6 is 0 Å². The fourth-order valence-electron chi connectivity index (χ4n) is 3.82. The van der Waals surface area contributed by atoms with Crippen LogP contribution in [-0.4, -0.2) is 38.7 Å². The third kappa shape index (κ3) is 4.71. The Labute approximate surface area is 151 Å². The minimum absolute atomic E-state index is 0.110. The van der Waals surface area contributed by atoms with E-state index >= 15 is 0 Å². The summed E-state index contributed by atoms with van der Waals surface area (Å²) >= 11 is 0. The van der Waals surface area contributed by atoms with E-state index < -0.39 is 9.84 Å². The molecule has 134 valence electrons. The van der Waals surface area contributed by atoms with Gasteiger partial charge < -0.3 is 4.90 Å². The molecule has 0 amide bonds. The van der Waals surface area contributed by atoms with E-state index in [2.05, 4.69) is 43.1 Å². The van der Waals surface area contributed by atoms with E-state index in [0.29, 0.717) is 10.8 Å². The molecule has 0 aliphatic carbocycles. The topological polar surface area (TPSA) is 37.4 Å². The zero-order chi connectivity index (χ0) is 17.9. The Balaban J connectivity index is 1.60. The molecule has 2 atom stereocenters. The molecular formula is C21H27NO2S. The molecule has 0 saturated carbocycles. The molecule has 1 aliphatic rings. The molecule has 0 aromatic heterocycles. The first-order valence-corrected chi connectivity index (χ1v) is 10.6. The summed E-state index contributed by atoms with van der Waals surface area (Å²) in [6, 6.07) is 17.6. The zero-order valence-corrected chi connectivity index (χ0v) is 15.9. The SMILES string of the molecule is Cc1cccc(C[C@@H]2CC[C@H](CS(=O)(=O)c3ccccc3)N(C)C2)c1. The zero-order valence-electron chi connectivity index (χ0n) is 15.1. The molecule has 0 bridgehead atoms. The van der Waals surface area contributed by atoms with Crippen LogP contribution in [0.5, 0.6) is 0 Å². The Bertz CT molecular complexity index is 802. The Morgan fingerprint density at radius 3 is 2.48 bits per heavy atom. The molecule has 25 heavy (non-hydrogen) atoms. The van der Waals surface area contributed by atoms with Crippen molar-refractivity contribution in [3.63, 3.8) is 0 Å². The van der Waals surface area contributed by atoms with Gasteiger partial charge in [-0.2, -0.15) is 0 Å². The molecule has 1 aliphatic heterocycles. The second-order valence-corrected chi connectivity index (χ2v) is 9.36. The van der Waals surface area contributed by atoms with Gasteiger partial charge in [0.25, 0.3) is 0 Å². The van der Waals surface area contributed by atoms with Crippen molar-refractivity contribution in [1.82, 2.24) is 4.90 Å². The van der Waals surface area contributed by atoms with Crippen LogP contribution in [0.2, 0.25) is 0 Å². The summed E-state index contributed by atoms with van der Waals surface area (Å²) in [5.74, 6) is 0.812. The molecule has 2 aromatic rings. The lowest BCUT2D eigenvalue weighted by Crippen LogP contribution is -2.44. The number of rotatable bonds is 5. The Morgan fingerprint density at radius 2 is 1.80 bits per heavy atom. The van der Waals surface area contributed by atoms with E-state index in [1.54, 1.807) is 24.3 Å². The van der Waals surface area contributed by atoms with Gasteiger partial charge in [-0.05, 0) is 56.8 Å². The normalized spacial score (nSPS) is 22.0. The fraction of sp³-hybridized carbons (Fsp3) is 0.429. The molecule has 3 rings (SSSR count). The van der Waals surface area contributed by atoms with E-state index in [-0.39, 0.29) is 11.8 Å². The highest BCUT2D eigenvalue weighted by molar-refractivity contribution is 7.91. The van der Waals surface area contributed by atoms with Crippen molar-refractivity contribution in [3.05, 3.63) is 65.7 Å². The Hall–Kier alpha value is -1.65. The molecule has 1 fully saturated rings. The van der Waals surface area contributed by atoms with Crippen molar-refractivity contribution >= 4 is 9.84 Å². The first-order chi connectivity index (χ1) is 11.9. The van der Waals surface area contributed by atoms with Crippen molar-refractivity contribution in [1.29, 1.82) is 0 Å². The van der Waals surface area contributed by atoms with E-state index in [1.165, 1.54) is 11.1 Å². The Kier molecular flexibility index (Phi) is 5.60. The second-order valence-electron chi connectivity index (χ2n) is 7.32. The molecule has 0 radical (unpaired) electrons. The van der Waals surface area contributed by atoms with Gasteiger partial charge in [-0.3, -0.25) is 0 Å². The molecule has 4 heteroatoms. The van der Waals surface area contributed by atoms with Crippen molar-refractivity contribution < 1.29 is 8.42 Å². The summed E-state index contributed by atoms with van der Waals surface area (Å²) in [4.78, 5) is 2.68. The second kappa shape index (κ2) is 7.71. The van der Waals surface area contributed by atoms with Crippen LogP contribution < -0.4 is 0 Å². The van der Waals surface area contributed by atoms with Gasteiger partial charge in [-0.25, -0.2) is 8.42 Å². The van der Waals surface area contributed by atoms with Crippen LogP contribution in [0.4, 0.5) is 0 Å². The summed E-state index contributed by atoms with van der Waals surface area (Å²) in [5.41, 5.74) is 2.68. The highest BCUT2D eigenvalue weighted by atomic mass is 32.2. The summed E-state index contributed by atoms with van der Waals surface area (Å²) in [5, 5.41) is 0. The van der Waals surface area contributed by atoms with Crippen LogP contribution in [0.25, 0.3) is 0 Å². The summed E-state index contributed by atoms with van der Waals surface area (Å²) < 4.78 is 25.3. The molecule has 1 saturated heterocycles. The van der Waals surface area contributed by atoms with Gasteiger partial charge in [-0.1, -0.05) is 48.0 Å². The van der Waals surface area contributed by atoms with E-state index in [1.807, 2.05) is 6.07 Å². The molecule has 2 aromatic carbocycles. The highest BCUT2D eigenvalue weighted by Crippen LogP contribution is 2.26. The number of aryl methyl sites for hydroxylation is 1. The lowest BCUT2D eigenvalue weighted by atomic mass is 9.88. The first kappa shape index (κ1) is 18.2. The third-order valence-electron chi connectivity index (χ3n) is 5.20. The van der Waals surface area contributed by atoms with Gasteiger partial charge in [0.05, 0.1) is 10.6 Å². The minimum atomic E-state index is -3.22. The van der Waals surface area contributed by atoms with E-state index in [9.17, 15) is 8.42 Å². The molecule has 3 nitrogen and oxygen atoms in total. The van der Waals surface area contributed by atoms with Gasteiger partial charge in [-0.15, -0.1) is 0 Å². The molecule has 0 N–H and O–H groups in total. The Morgan fingerprint density at radius 1 is 1.04 bits per heavy atom. The van der Waals surface area contributed by atoms with Crippen LogP contribution in [0.15, 0.2) is 59.5 Å². The first-order valence-electron chi connectivity index (χ1n) is 8.97. The van der Waals surface area contributed by atoms with Crippen molar-refractivity contribution in [2.75, 3.05) is 19.3 Å². The van der Waals surface area contributed by atoms with Crippen molar-refractivity contribution in [2.24, 2.45) is 5.92 Å². The summed E-state index contributed by atoms with van der Waals surface area (Å²) in [6.45, 7) is 3.09. The quantitative estimate of drug-likeness (QED) is 0.818. The van der Waals surface area contributed by atoms with E-state index in [0.717, 1.165) is 25.8 Å². The largest absolute Gasteiger partial charge is 0.302 e. The van der Waals surface area contributed by atoms with Crippen LogP contribution in [-0.2, 0) is 16.3 Å². The van der Waals surface area contributed by atoms with Crippen molar-refractivity contribution in [3.8, 4) is 0 Å². The van der Waals surface area contributed by atoms with Crippen LogP contribution in [0, 0.1) is 12.8 Å². The monoisotopic (exact) mass is 357 g/mol. The van der Waals surface area contributed by atoms with Gasteiger partial charge in [0.2, 0.25) is 0 Å². The number of likely N-dealkylation sites (tertiary alicyclic amines) is 1. The molecule has 0 spiro atoms. The highest BCUT2D eigenvalue weighted by Gasteiger charge is 2.30. The number of hydrogen-bond acceptors (Lipinski definition) is 3. The van der Waals surface area contributed by atoms with Gasteiger partial charge in [0, 0.05) is 12.6 Å². The maximum Gasteiger partial charge on any atom is 0.179 e. The summed E-state index contributed by atoms with van der Waals surface area (Å²) in [7, 11) is -1.15. The van der Waals surface area contributed by atoms with Crippen molar-refractivity contribution in [2.45, 2.75) is 37.1 Å². The number of sulfone groups is 1. The summed E-state index contributed by atoms with van der Waals surface area (Å²) in [6.07, 6.45) is 3.11. The average Bonchev–Trinajstić information content (AvgIpc) is 2.58. The smallest absolute Gasteiger partial charge is 0.179 e. The maximum atomic E-state index is 12.6. The van der Waals surface area contributed by atoms with Gasteiger partial charge in [0.1, 0.15) is 0 Å². The van der Waals surface area contributed by atoms with E-state index in [4.69, 9.17) is 0 Å². The lowest BCUT2D eigenvalue weighted by molar-refractivity contribution is 0.150. The fourth-order valence-corrected chi connectivity index (χ4v) is 5.52. The number of hydrogen-bond donors (Lipinski definition) is 0. The van der Waals surface area contributed by atoms with Gasteiger partial charge in [0.15, 0.2) is 9.84 Å². The number of nitrogens with zero attached hydrogens (tertiary/aromatic N) is 1. The standard InChI is InChI=1S/C21H27NO2S/c1-17-7-6-8-18(13-17)14-19-11-12-20(22(2)15-19)16-25(23,24)21-9-4-3-5-10-21/h3-10,13,19-20H,11-12,14-16H2,1-2H3/t19-,20+/m0/s1. The van der Waals surface area contributed by atoms with Gasteiger partial charge >= 0.3 is 0 Å². The maximum absolute atomic E-state index is 12.6.